The van der Waals surface area contributed by atoms with Gasteiger partial charge in [0.15, 0.2) is 11.5 Å². The third-order valence-corrected chi connectivity index (χ3v) is 2.20. The summed E-state index contributed by atoms with van der Waals surface area (Å²) in [4.78, 5) is 0. The van der Waals surface area contributed by atoms with E-state index in [1.807, 2.05) is 26.0 Å². The van der Waals surface area contributed by atoms with Crippen molar-refractivity contribution in [2.45, 2.75) is 39.7 Å². The standard InChI is InChI=1S/C13H20O2/c1-9(2)11-7-6-8-12(14-5)13(11)15-10(3)4/h6-10H,1-5H3. The second-order valence-electron chi connectivity index (χ2n) is 4.20. The molecular weight excluding hydrogens is 188 g/mol. The van der Waals surface area contributed by atoms with Gasteiger partial charge in [0.2, 0.25) is 0 Å². The van der Waals surface area contributed by atoms with E-state index in [-0.39, 0.29) is 6.10 Å². The zero-order valence-corrected chi connectivity index (χ0v) is 10.2. The molecule has 0 amide bonds. The van der Waals surface area contributed by atoms with Crippen LogP contribution in [0.2, 0.25) is 0 Å². The zero-order valence-electron chi connectivity index (χ0n) is 10.2. The van der Waals surface area contributed by atoms with Gasteiger partial charge in [0.05, 0.1) is 13.2 Å². The first-order chi connectivity index (χ1) is 7.06. The lowest BCUT2D eigenvalue weighted by molar-refractivity contribution is 0.227. The summed E-state index contributed by atoms with van der Waals surface area (Å²) in [5.74, 6) is 2.13. The van der Waals surface area contributed by atoms with Gasteiger partial charge in [0.1, 0.15) is 0 Å². The van der Waals surface area contributed by atoms with Gasteiger partial charge in [-0.1, -0.05) is 26.0 Å². The monoisotopic (exact) mass is 208 g/mol. The van der Waals surface area contributed by atoms with Gasteiger partial charge in [0, 0.05) is 5.56 Å². The number of rotatable bonds is 4. The summed E-state index contributed by atoms with van der Waals surface area (Å²) in [6.45, 7) is 8.36. The molecule has 2 nitrogen and oxygen atoms in total. The van der Waals surface area contributed by atoms with Crippen LogP contribution in [0.3, 0.4) is 0 Å². The van der Waals surface area contributed by atoms with Gasteiger partial charge < -0.3 is 9.47 Å². The van der Waals surface area contributed by atoms with E-state index < -0.39 is 0 Å². The van der Waals surface area contributed by atoms with Crippen LogP contribution in [-0.4, -0.2) is 13.2 Å². The van der Waals surface area contributed by atoms with Crippen molar-refractivity contribution in [1.82, 2.24) is 0 Å². The van der Waals surface area contributed by atoms with Crippen molar-refractivity contribution in [3.8, 4) is 11.5 Å². The van der Waals surface area contributed by atoms with Gasteiger partial charge in [-0.25, -0.2) is 0 Å². The van der Waals surface area contributed by atoms with Crippen LogP contribution < -0.4 is 9.47 Å². The third kappa shape index (κ3) is 2.88. The summed E-state index contributed by atoms with van der Waals surface area (Å²) in [5.41, 5.74) is 1.20. The van der Waals surface area contributed by atoms with Gasteiger partial charge in [-0.3, -0.25) is 0 Å². The largest absolute Gasteiger partial charge is 0.493 e. The normalized spacial score (nSPS) is 10.9. The minimum Gasteiger partial charge on any atom is -0.493 e. The molecule has 0 unspecified atom stereocenters. The number of benzene rings is 1. The second-order valence-corrected chi connectivity index (χ2v) is 4.20. The fourth-order valence-corrected chi connectivity index (χ4v) is 1.51. The molecule has 0 atom stereocenters. The summed E-state index contributed by atoms with van der Waals surface area (Å²) in [7, 11) is 1.67. The van der Waals surface area contributed by atoms with E-state index in [4.69, 9.17) is 9.47 Å². The van der Waals surface area contributed by atoms with Crippen LogP contribution >= 0.6 is 0 Å². The average molecular weight is 208 g/mol. The Hall–Kier alpha value is -1.18. The number of ether oxygens (including phenoxy) is 2. The van der Waals surface area contributed by atoms with E-state index in [9.17, 15) is 0 Å². The molecule has 0 radical (unpaired) electrons. The minimum absolute atomic E-state index is 0.166. The predicted molar refractivity (Wildman–Crippen MR) is 62.8 cm³/mol. The highest BCUT2D eigenvalue weighted by molar-refractivity contribution is 5.48. The molecule has 0 spiro atoms. The molecular formula is C13H20O2. The van der Waals surface area contributed by atoms with Crippen molar-refractivity contribution >= 4 is 0 Å². The Morgan fingerprint density at radius 2 is 1.73 bits per heavy atom. The Balaban J connectivity index is 3.14. The van der Waals surface area contributed by atoms with Crippen molar-refractivity contribution in [2.75, 3.05) is 7.11 Å². The number of methoxy groups -OCH3 is 1. The highest BCUT2D eigenvalue weighted by atomic mass is 16.5. The Kier molecular flexibility index (Phi) is 4.01. The molecule has 0 aromatic heterocycles. The van der Waals surface area contributed by atoms with Crippen LogP contribution in [-0.2, 0) is 0 Å². The zero-order chi connectivity index (χ0) is 11.4. The predicted octanol–water partition coefficient (Wildman–Crippen LogP) is 3.61. The van der Waals surface area contributed by atoms with Gasteiger partial charge in [0.25, 0.3) is 0 Å². The Labute approximate surface area is 92.2 Å². The first-order valence-corrected chi connectivity index (χ1v) is 5.39. The SMILES string of the molecule is COc1cccc(C(C)C)c1OC(C)C. The summed E-state index contributed by atoms with van der Waals surface area (Å²) >= 11 is 0. The molecule has 0 saturated carbocycles. The molecule has 0 N–H and O–H groups in total. The summed E-state index contributed by atoms with van der Waals surface area (Å²) in [6.07, 6.45) is 0.166. The molecule has 0 bridgehead atoms. The number of para-hydroxylation sites is 1. The molecule has 1 aromatic rings. The molecule has 84 valence electrons. The Morgan fingerprint density at radius 1 is 1.07 bits per heavy atom. The van der Waals surface area contributed by atoms with E-state index >= 15 is 0 Å². The highest BCUT2D eigenvalue weighted by Gasteiger charge is 2.14. The third-order valence-electron chi connectivity index (χ3n) is 2.20. The molecule has 0 fully saturated rings. The van der Waals surface area contributed by atoms with Gasteiger partial charge in [-0.05, 0) is 25.8 Å². The lowest BCUT2D eigenvalue weighted by Crippen LogP contribution is -2.09. The molecule has 15 heavy (non-hydrogen) atoms. The van der Waals surface area contributed by atoms with Gasteiger partial charge >= 0.3 is 0 Å². The summed E-state index contributed by atoms with van der Waals surface area (Å²) in [5, 5.41) is 0. The summed E-state index contributed by atoms with van der Waals surface area (Å²) < 4.78 is 11.1. The van der Waals surface area contributed by atoms with E-state index in [1.54, 1.807) is 7.11 Å². The van der Waals surface area contributed by atoms with Crippen LogP contribution in [0.4, 0.5) is 0 Å². The van der Waals surface area contributed by atoms with Crippen molar-refractivity contribution in [1.29, 1.82) is 0 Å². The summed E-state index contributed by atoms with van der Waals surface area (Å²) in [6, 6.07) is 6.02. The molecule has 1 aromatic carbocycles. The van der Waals surface area contributed by atoms with E-state index in [0.717, 1.165) is 11.5 Å². The van der Waals surface area contributed by atoms with Crippen LogP contribution in [0.15, 0.2) is 18.2 Å². The first-order valence-electron chi connectivity index (χ1n) is 5.39. The van der Waals surface area contributed by atoms with Crippen LogP contribution in [0.5, 0.6) is 11.5 Å². The van der Waals surface area contributed by atoms with Crippen molar-refractivity contribution in [3.63, 3.8) is 0 Å². The van der Waals surface area contributed by atoms with Gasteiger partial charge in [-0.15, -0.1) is 0 Å². The fraction of sp³-hybridized carbons (Fsp3) is 0.538. The lowest BCUT2D eigenvalue weighted by atomic mass is 10.0. The van der Waals surface area contributed by atoms with Crippen molar-refractivity contribution in [3.05, 3.63) is 23.8 Å². The molecule has 1 rings (SSSR count). The maximum atomic E-state index is 5.80. The smallest absolute Gasteiger partial charge is 0.164 e. The molecule has 0 aliphatic rings. The van der Waals surface area contributed by atoms with Crippen LogP contribution in [0, 0.1) is 0 Å². The molecule has 0 heterocycles. The van der Waals surface area contributed by atoms with Crippen LogP contribution in [0.1, 0.15) is 39.2 Å². The maximum Gasteiger partial charge on any atom is 0.164 e. The van der Waals surface area contributed by atoms with Crippen molar-refractivity contribution in [2.24, 2.45) is 0 Å². The van der Waals surface area contributed by atoms with E-state index in [1.165, 1.54) is 5.56 Å². The maximum absolute atomic E-state index is 5.80. The van der Waals surface area contributed by atoms with Gasteiger partial charge in [-0.2, -0.15) is 0 Å². The lowest BCUT2D eigenvalue weighted by Gasteiger charge is -2.19. The van der Waals surface area contributed by atoms with Crippen LogP contribution in [0.25, 0.3) is 0 Å². The number of hydrogen-bond acceptors (Lipinski definition) is 2. The quantitative estimate of drug-likeness (QED) is 0.752. The van der Waals surface area contributed by atoms with E-state index in [0.29, 0.717) is 5.92 Å². The first kappa shape index (κ1) is 11.9. The number of hydrogen-bond donors (Lipinski definition) is 0. The molecule has 2 heteroatoms. The second kappa shape index (κ2) is 5.06. The fourth-order valence-electron chi connectivity index (χ4n) is 1.51. The highest BCUT2D eigenvalue weighted by Crippen LogP contribution is 2.35. The molecule has 0 saturated heterocycles. The minimum atomic E-state index is 0.166. The van der Waals surface area contributed by atoms with Crippen molar-refractivity contribution < 1.29 is 9.47 Å². The Morgan fingerprint density at radius 3 is 2.20 bits per heavy atom. The van der Waals surface area contributed by atoms with E-state index in [2.05, 4.69) is 19.9 Å². The molecule has 0 aliphatic heterocycles. The topological polar surface area (TPSA) is 18.5 Å². The average Bonchev–Trinajstić information content (AvgIpc) is 2.16. The Bertz CT molecular complexity index is 316. The molecule has 0 aliphatic carbocycles.